The molecule has 1 aliphatic heterocycles. The standard InChI is InChI=1S/C21H25N3O3/c1-14-7-3-4-8-15(14)21(9-5-6-10-21)13-16-22-19(26)18(25)17-20(27)23(2)11-12-24(16)17/h3-4,7-8,25H,5-6,9-13H2,1-2H3. The smallest absolute Gasteiger partial charge is 0.315 e. The summed E-state index contributed by atoms with van der Waals surface area (Å²) in [6, 6.07) is 8.41. The van der Waals surface area contributed by atoms with Gasteiger partial charge in [-0.15, -0.1) is 0 Å². The van der Waals surface area contributed by atoms with Gasteiger partial charge in [-0.2, -0.15) is 4.98 Å². The zero-order valence-corrected chi connectivity index (χ0v) is 15.9. The highest BCUT2D eigenvalue weighted by Crippen LogP contribution is 2.44. The monoisotopic (exact) mass is 367 g/mol. The van der Waals surface area contributed by atoms with Gasteiger partial charge in [-0.1, -0.05) is 37.1 Å². The molecular weight excluding hydrogens is 342 g/mol. The molecule has 0 radical (unpaired) electrons. The van der Waals surface area contributed by atoms with Crippen molar-refractivity contribution in [3.8, 4) is 5.75 Å². The van der Waals surface area contributed by atoms with Gasteiger partial charge in [0.25, 0.3) is 5.91 Å². The number of carbonyl (C=O) groups is 1. The van der Waals surface area contributed by atoms with Crippen molar-refractivity contribution in [3.05, 3.63) is 57.3 Å². The van der Waals surface area contributed by atoms with Crippen molar-refractivity contribution in [1.82, 2.24) is 14.5 Å². The van der Waals surface area contributed by atoms with Crippen LogP contribution >= 0.6 is 0 Å². The third kappa shape index (κ3) is 2.83. The molecule has 1 saturated carbocycles. The van der Waals surface area contributed by atoms with Crippen molar-refractivity contribution in [2.45, 2.75) is 51.0 Å². The van der Waals surface area contributed by atoms with E-state index in [9.17, 15) is 14.7 Å². The molecule has 1 N–H and O–H groups in total. The lowest BCUT2D eigenvalue weighted by Crippen LogP contribution is -2.42. The average molecular weight is 367 g/mol. The summed E-state index contributed by atoms with van der Waals surface area (Å²) in [5, 5.41) is 10.2. The number of nitrogens with zero attached hydrogens (tertiary/aromatic N) is 3. The van der Waals surface area contributed by atoms with E-state index in [0.29, 0.717) is 25.3 Å². The van der Waals surface area contributed by atoms with Gasteiger partial charge in [0.05, 0.1) is 0 Å². The average Bonchev–Trinajstić information content (AvgIpc) is 3.11. The van der Waals surface area contributed by atoms with Gasteiger partial charge in [0.15, 0.2) is 5.69 Å². The van der Waals surface area contributed by atoms with Crippen LogP contribution in [0.3, 0.4) is 0 Å². The summed E-state index contributed by atoms with van der Waals surface area (Å²) in [5.41, 5.74) is 1.85. The Morgan fingerprint density at radius 2 is 1.85 bits per heavy atom. The van der Waals surface area contributed by atoms with Gasteiger partial charge >= 0.3 is 5.56 Å². The molecule has 1 fully saturated rings. The lowest BCUT2D eigenvalue weighted by Gasteiger charge is -2.34. The van der Waals surface area contributed by atoms with Crippen molar-refractivity contribution in [3.63, 3.8) is 0 Å². The maximum absolute atomic E-state index is 12.6. The van der Waals surface area contributed by atoms with Crippen molar-refractivity contribution < 1.29 is 9.90 Å². The molecule has 2 aromatic rings. The summed E-state index contributed by atoms with van der Waals surface area (Å²) in [5.74, 6) is -0.248. The van der Waals surface area contributed by atoms with E-state index in [0.717, 1.165) is 25.7 Å². The molecule has 1 aromatic heterocycles. The summed E-state index contributed by atoms with van der Waals surface area (Å²) in [4.78, 5) is 30.6. The molecular formula is C21H25N3O3. The molecule has 0 spiro atoms. The zero-order chi connectivity index (χ0) is 19.2. The van der Waals surface area contributed by atoms with Crippen LogP contribution in [-0.2, 0) is 18.4 Å². The number of hydrogen-bond donors (Lipinski definition) is 1. The topological polar surface area (TPSA) is 75.4 Å². The summed E-state index contributed by atoms with van der Waals surface area (Å²) < 4.78 is 1.76. The minimum atomic E-state index is -0.710. The lowest BCUT2D eigenvalue weighted by atomic mass is 9.74. The Morgan fingerprint density at radius 3 is 2.56 bits per heavy atom. The van der Waals surface area contributed by atoms with Gasteiger partial charge in [0, 0.05) is 32.0 Å². The summed E-state index contributed by atoms with van der Waals surface area (Å²) in [6.07, 6.45) is 4.98. The SMILES string of the molecule is Cc1ccccc1C1(Cc2nc(=O)c(O)c3n2CCN(C)C3=O)CCCC1. The first-order chi connectivity index (χ1) is 12.9. The molecule has 1 aliphatic carbocycles. The maximum atomic E-state index is 12.6. The quantitative estimate of drug-likeness (QED) is 0.904. The van der Waals surface area contributed by atoms with Crippen molar-refractivity contribution in [1.29, 1.82) is 0 Å². The lowest BCUT2D eigenvalue weighted by molar-refractivity contribution is 0.0737. The van der Waals surface area contributed by atoms with E-state index in [1.54, 1.807) is 11.6 Å². The normalized spacial score (nSPS) is 18.6. The van der Waals surface area contributed by atoms with Crippen LogP contribution in [0.4, 0.5) is 0 Å². The summed E-state index contributed by atoms with van der Waals surface area (Å²) in [6.45, 7) is 3.21. The van der Waals surface area contributed by atoms with E-state index in [-0.39, 0.29) is 17.0 Å². The van der Waals surface area contributed by atoms with Crippen LogP contribution in [0.2, 0.25) is 0 Å². The third-order valence-corrected chi connectivity index (χ3v) is 6.22. The predicted molar refractivity (Wildman–Crippen MR) is 102 cm³/mol. The number of aromatic hydroxyl groups is 1. The predicted octanol–water partition coefficient (Wildman–Crippen LogP) is 2.40. The number of fused-ring (bicyclic) bond motifs is 1. The van der Waals surface area contributed by atoms with Crippen LogP contribution in [0.1, 0.15) is 53.1 Å². The second-order valence-electron chi connectivity index (χ2n) is 7.89. The first-order valence-corrected chi connectivity index (χ1v) is 9.57. The van der Waals surface area contributed by atoms with E-state index in [2.05, 4.69) is 30.1 Å². The number of carbonyl (C=O) groups excluding carboxylic acids is 1. The number of aryl methyl sites for hydroxylation is 1. The van der Waals surface area contributed by atoms with Gasteiger partial charge in [0.1, 0.15) is 5.82 Å². The van der Waals surface area contributed by atoms with Crippen LogP contribution in [0, 0.1) is 6.92 Å². The number of likely N-dealkylation sites (N-methyl/N-ethyl adjacent to an activating group) is 1. The highest BCUT2D eigenvalue weighted by Gasteiger charge is 2.39. The van der Waals surface area contributed by atoms with Crippen molar-refractivity contribution >= 4 is 5.91 Å². The van der Waals surface area contributed by atoms with Gasteiger partial charge in [-0.3, -0.25) is 9.59 Å². The Hall–Kier alpha value is -2.63. The van der Waals surface area contributed by atoms with E-state index in [1.807, 2.05) is 6.07 Å². The minimum absolute atomic E-state index is 0.0745. The minimum Gasteiger partial charge on any atom is -0.501 e. The fraction of sp³-hybridized carbons (Fsp3) is 0.476. The molecule has 2 aliphatic rings. The second-order valence-corrected chi connectivity index (χ2v) is 7.89. The molecule has 0 saturated heterocycles. The number of benzene rings is 1. The molecule has 1 aromatic carbocycles. The number of amides is 1. The first kappa shape index (κ1) is 17.8. The molecule has 2 heterocycles. The molecule has 1 amide bonds. The van der Waals surface area contributed by atoms with Crippen LogP contribution in [0.5, 0.6) is 5.75 Å². The molecule has 0 bridgehead atoms. The fourth-order valence-corrected chi connectivity index (χ4v) is 4.78. The van der Waals surface area contributed by atoms with Crippen LogP contribution < -0.4 is 5.56 Å². The fourth-order valence-electron chi connectivity index (χ4n) is 4.78. The molecule has 6 heteroatoms. The van der Waals surface area contributed by atoms with Crippen LogP contribution in [0.15, 0.2) is 29.1 Å². The summed E-state index contributed by atoms with van der Waals surface area (Å²) >= 11 is 0. The molecule has 27 heavy (non-hydrogen) atoms. The zero-order valence-electron chi connectivity index (χ0n) is 15.9. The Balaban J connectivity index is 1.85. The van der Waals surface area contributed by atoms with E-state index >= 15 is 0 Å². The Bertz CT molecular complexity index is 958. The van der Waals surface area contributed by atoms with Crippen LogP contribution in [-0.4, -0.2) is 39.1 Å². The largest absolute Gasteiger partial charge is 0.501 e. The highest BCUT2D eigenvalue weighted by molar-refractivity contribution is 5.95. The summed E-state index contributed by atoms with van der Waals surface area (Å²) in [7, 11) is 1.68. The van der Waals surface area contributed by atoms with Gasteiger partial charge in [-0.25, -0.2) is 0 Å². The van der Waals surface area contributed by atoms with Crippen molar-refractivity contribution in [2.75, 3.05) is 13.6 Å². The van der Waals surface area contributed by atoms with Gasteiger partial charge in [-0.05, 0) is 30.9 Å². The number of hydrogen-bond acceptors (Lipinski definition) is 4. The Morgan fingerprint density at radius 1 is 1.15 bits per heavy atom. The first-order valence-electron chi connectivity index (χ1n) is 9.57. The van der Waals surface area contributed by atoms with E-state index in [1.165, 1.54) is 16.0 Å². The Labute approximate surface area is 158 Å². The molecule has 4 rings (SSSR count). The van der Waals surface area contributed by atoms with Gasteiger partial charge in [0.2, 0.25) is 5.75 Å². The molecule has 142 valence electrons. The second kappa shape index (κ2) is 6.51. The van der Waals surface area contributed by atoms with Crippen molar-refractivity contribution in [2.24, 2.45) is 0 Å². The van der Waals surface area contributed by atoms with Crippen LogP contribution in [0.25, 0.3) is 0 Å². The molecule has 6 nitrogen and oxygen atoms in total. The third-order valence-electron chi connectivity index (χ3n) is 6.22. The van der Waals surface area contributed by atoms with Gasteiger partial charge < -0.3 is 14.6 Å². The highest BCUT2D eigenvalue weighted by atomic mass is 16.3. The maximum Gasteiger partial charge on any atom is 0.315 e. The number of aromatic nitrogens is 2. The number of rotatable bonds is 3. The van der Waals surface area contributed by atoms with E-state index in [4.69, 9.17) is 0 Å². The Kier molecular flexibility index (Phi) is 4.29. The van der Waals surface area contributed by atoms with E-state index < -0.39 is 11.3 Å². The molecule has 0 atom stereocenters. The molecule has 0 unspecified atom stereocenters.